The van der Waals surface area contributed by atoms with Crippen molar-refractivity contribution >= 4 is 11.8 Å². The Bertz CT molecular complexity index is 320. The van der Waals surface area contributed by atoms with Gasteiger partial charge in [-0.3, -0.25) is 14.5 Å². The van der Waals surface area contributed by atoms with Crippen molar-refractivity contribution in [1.82, 2.24) is 20.0 Å². The van der Waals surface area contributed by atoms with Gasteiger partial charge in [0.1, 0.15) is 0 Å². The van der Waals surface area contributed by atoms with Gasteiger partial charge in [0, 0.05) is 40.3 Å². The maximum absolute atomic E-state index is 12.0. The number of hydrogen-bond acceptors (Lipinski definition) is 4. The third kappa shape index (κ3) is 5.88. The lowest BCUT2D eigenvalue weighted by atomic mass is 10.3. The minimum absolute atomic E-state index is 0.120. The summed E-state index contributed by atoms with van der Waals surface area (Å²) in [6, 6.07) is 0. The molecule has 0 aromatic heterocycles. The first-order valence-electron chi connectivity index (χ1n) is 7.45. The van der Waals surface area contributed by atoms with Crippen LogP contribution in [0.2, 0.25) is 0 Å². The molecule has 20 heavy (non-hydrogen) atoms. The van der Waals surface area contributed by atoms with Crippen molar-refractivity contribution in [2.75, 3.05) is 59.9 Å². The lowest BCUT2D eigenvalue weighted by Gasteiger charge is -2.22. The summed E-state index contributed by atoms with van der Waals surface area (Å²) in [5.74, 6) is 0.286. The van der Waals surface area contributed by atoms with E-state index in [-0.39, 0.29) is 11.8 Å². The van der Waals surface area contributed by atoms with Crippen LogP contribution < -0.4 is 5.32 Å². The molecule has 6 heteroatoms. The molecule has 6 nitrogen and oxygen atoms in total. The van der Waals surface area contributed by atoms with Gasteiger partial charge in [-0.05, 0) is 19.4 Å². The molecule has 0 spiro atoms. The van der Waals surface area contributed by atoms with Gasteiger partial charge in [-0.2, -0.15) is 0 Å². The molecule has 0 saturated carbocycles. The minimum atomic E-state index is 0.120. The van der Waals surface area contributed by atoms with Gasteiger partial charge in [0.25, 0.3) is 0 Å². The molecule has 1 heterocycles. The molecule has 1 rings (SSSR count). The van der Waals surface area contributed by atoms with Gasteiger partial charge in [0.05, 0.1) is 13.1 Å². The molecule has 1 fully saturated rings. The average molecular weight is 284 g/mol. The van der Waals surface area contributed by atoms with E-state index in [2.05, 4.69) is 17.1 Å². The molecular formula is C14H28N4O2. The van der Waals surface area contributed by atoms with Crippen molar-refractivity contribution in [3.8, 4) is 0 Å². The fourth-order valence-electron chi connectivity index (χ4n) is 2.20. The van der Waals surface area contributed by atoms with E-state index in [1.54, 1.807) is 19.0 Å². The van der Waals surface area contributed by atoms with Crippen LogP contribution in [-0.2, 0) is 9.59 Å². The van der Waals surface area contributed by atoms with Crippen molar-refractivity contribution < 1.29 is 9.59 Å². The highest BCUT2D eigenvalue weighted by Gasteiger charge is 2.20. The lowest BCUT2D eigenvalue weighted by Crippen LogP contribution is -2.42. The van der Waals surface area contributed by atoms with E-state index in [0.29, 0.717) is 19.6 Å². The van der Waals surface area contributed by atoms with E-state index in [9.17, 15) is 9.59 Å². The van der Waals surface area contributed by atoms with Crippen molar-refractivity contribution in [2.45, 2.75) is 19.8 Å². The highest BCUT2D eigenvalue weighted by Crippen LogP contribution is 2.03. The van der Waals surface area contributed by atoms with E-state index >= 15 is 0 Å². The molecule has 0 aromatic rings. The zero-order valence-corrected chi connectivity index (χ0v) is 13.0. The van der Waals surface area contributed by atoms with Crippen molar-refractivity contribution in [3.05, 3.63) is 0 Å². The number of amides is 2. The molecule has 1 N–H and O–H groups in total. The van der Waals surface area contributed by atoms with Gasteiger partial charge in [0.15, 0.2) is 0 Å². The predicted octanol–water partition coefficient (Wildman–Crippen LogP) is -0.391. The second-order valence-corrected chi connectivity index (χ2v) is 5.48. The van der Waals surface area contributed by atoms with E-state index in [0.717, 1.165) is 39.0 Å². The monoisotopic (exact) mass is 284 g/mol. The summed E-state index contributed by atoms with van der Waals surface area (Å²) in [4.78, 5) is 29.4. The fraction of sp³-hybridized carbons (Fsp3) is 0.857. The van der Waals surface area contributed by atoms with Crippen LogP contribution in [-0.4, -0.2) is 86.4 Å². The van der Waals surface area contributed by atoms with Crippen LogP contribution in [0, 0.1) is 0 Å². The smallest absolute Gasteiger partial charge is 0.236 e. The number of rotatable bonds is 6. The molecule has 1 aliphatic heterocycles. The third-order valence-electron chi connectivity index (χ3n) is 3.50. The van der Waals surface area contributed by atoms with Crippen molar-refractivity contribution in [2.24, 2.45) is 0 Å². The number of nitrogens with zero attached hydrogens (tertiary/aromatic N) is 3. The van der Waals surface area contributed by atoms with Gasteiger partial charge >= 0.3 is 0 Å². The Morgan fingerprint density at radius 2 is 1.90 bits per heavy atom. The second kappa shape index (κ2) is 8.92. The topological polar surface area (TPSA) is 55.9 Å². The molecule has 0 atom stereocenters. The first-order valence-corrected chi connectivity index (χ1v) is 7.45. The summed E-state index contributed by atoms with van der Waals surface area (Å²) >= 11 is 0. The minimum Gasteiger partial charge on any atom is -0.348 e. The zero-order chi connectivity index (χ0) is 15.0. The normalized spacial score (nSPS) is 16.9. The molecule has 1 aliphatic rings. The van der Waals surface area contributed by atoms with Gasteiger partial charge in [0.2, 0.25) is 11.8 Å². The largest absolute Gasteiger partial charge is 0.348 e. The SMILES string of the molecule is CCCNCC(=O)N1CCCN(CC(=O)N(C)C)CC1. The van der Waals surface area contributed by atoms with Crippen molar-refractivity contribution in [3.63, 3.8) is 0 Å². The number of carbonyl (C=O) groups excluding carboxylic acids is 2. The maximum atomic E-state index is 12.0. The summed E-state index contributed by atoms with van der Waals surface area (Å²) in [5, 5.41) is 3.15. The van der Waals surface area contributed by atoms with Crippen LogP contribution in [0.3, 0.4) is 0 Å². The van der Waals surface area contributed by atoms with E-state index in [4.69, 9.17) is 0 Å². The quantitative estimate of drug-likeness (QED) is 0.675. The van der Waals surface area contributed by atoms with Crippen LogP contribution in [0.25, 0.3) is 0 Å². The Balaban J connectivity index is 2.35. The second-order valence-electron chi connectivity index (χ2n) is 5.48. The van der Waals surface area contributed by atoms with Gasteiger partial charge in [-0.25, -0.2) is 0 Å². The van der Waals surface area contributed by atoms with E-state index < -0.39 is 0 Å². The first-order chi connectivity index (χ1) is 9.54. The zero-order valence-electron chi connectivity index (χ0n) is 13.0. The van der Waals surface area contributed by atoms with Crippen molar-refractivity contribution in [1.29, 1.82) is 0 Å². The van der Waals surface area contributed by atoms with Crippen LogP contribution in [0.5, 0.6) is 0 Å². The molecule has 0 bridgehead atoms. The summed E-state index contributed by atoms with van der Waals surface area (Å²) in [5.41, 5.74) is 0. The van der Waals surface area contributed by atoms with Gasteiger partial charge in [-0.1, -0.05) is 6.92 Å². The highest BCUT2D eigenvalue weighted by molar-refractivity contribution is 5.78. The Morgan fingerprint density at radius 3 is 2.55 bits per heavy atom. The molecule has 2 amide bonds. The van der Waals surface area contributed by atoms with Crippen LogP contribution >= 0.6 is 0 Å². The number of carbonyl (C=O) groups is 2. The molecule has 1 saturated heterocycles. The van der Waals surface area contributed by atoms with Crippen LogP contribution in [0.4, 0.5) is 0 Å². The first kappa shape index (κ1) is 16.9. The van der Waals surface area contributed by atoms with E-state index in [1.165, 1.54) is 0 Å². The summed E-state index contributed by atoms with van der Waals surface area (Å²) in [6.07, 6.45) is 1.97. The van der Waals surface area contributed by atoms with E-state index in [1.807, 2.05) is 4.90 Å². The molecule has 0 aliphatic carbocycles. The number of nitrogens with one attached hydrogen (secondary N) is 1. The number of hydrogen-bond donors (Lipinski definition) is 1. The maximum Gasteiger partial charge on any atom is 0.236 e. The Morgan fingerprint density at radius 1 is 1.15 bits per heavy atom. The standard InChI is InChI=1S/C14H28N4O2/c1-4-6-15-11-13(19)18-8-5-7-17(9-10-18)12-14(20)16(2)3/h15H,4-12H2,1-3H3. The lowest BCUT2D eigenvalue weighted by molar-refractivity contribution is -0.130. The average Bonchev–Trinajstić information content (AvgIpc) is 2.64. The molecule has 0 aromatic carbocycles. The third-order valence-corrected chi connectivity index (χ3v) is 3.50. The fourth-order valence-corrected chi connectivity index (χ4v) is 2.20. The highest BCUT2D eigenvalue weighted by atomic mass is 16.2. The summed E-state index contributed by atoms with van der Waals surface area (Å²) in [6.45, 7) is 7.00. The van der Waals surface area contributed by atoms with Crippen LogP contribution in [0.1, 0.15) is 19.8 Å². The Hall–Kier alpha value is -1.14. The molecule has 0 radical (unpaired) electrons. The Kier molecular flexibility index (Phi) is 7.54. The number of likely N-dealkylation sites (N-methyl/N-ethyl adjacent to an activating group) is 1. The molecular weight excluding hydrogens is 256 g/mol. The predicted molar refractivity (Wildman–Crippen MR) is 79.5 cm³/mol. The molecule has 0 unspecified atom stereocenters. The van der Waals surface area contributed by atoms with Gasteiger partial charge in [-0.15, -0.1) is 0 Å². The Labute approximate surface area is 122 Å². The summed E-state index contributed by atoms with van der Waals surface area (Å²) < 4.78 is 0. The van der Waals surface area contributed by atoms with Crippen LogP contribution in [0.15, 0.2) is 0 Å². The van der Waals surface area contributed by atoms with Gasteiger partial charge < -0.3 is 15.1 Å². The molecule has 116 valence electrons. The summed E-state index contributed by atoms with van der Waals surface area (Å²) in [7, 11) is 3.55.